The van der Waals surface area contributed by atoms with Gasteiger partial charge in [0.15, 0.2) is 11.5 Å². The van der Waals surface area contributed by atoms with Gasteiger partial charge in [0.05, 0.1) is 22.8 Å². The number of nitrogens with zero attached hydrogens (tertiary/aromatic N) is 1. The van der Waals surface area contributed by atoms with Crippen LogP contribution in [0.3, 0.4) is 0 Å². The molecule has 4 rings (SSSR count). The number of fused-ring (bicyclic) bond motifs is 1. The van der Waals surface area contributed by atoms with E-state index in [-0.39, 0.29) is 49.5 Å². The smallest absolute Gasteiger partial charge is 0.276 e. The molecule has 1 aliphatic heterocycles. The number of carbonyl (C=O) groups excluding carboxylic acids is 4. The molecule has 33 heavy (non-hydrogen) atoms. The van der Waals surface area contributed by atoms with Gasteiger partial charge in [0, 0.05) is 37.2 Å². The molecule has 9 heteroatoms. The van der Waals surface area contributed by atoms with Crippen LogP contribution < -0.4 is 9.47 Å². The lowest BCUT2D eigenvalue weighted by molar-refractivity contribution is -0.385. The van der Waals surface area contributed by atoms with Crippen LogP contribution in [-0.2, 0) is 19.2 Å². The van der Waals surface area contributed by atoms with Gasteiger partial charge in [-0.15, -0.1) is 0 Å². The first-order chi connectivity index (χ1) is 15.3. The van der Waals surface area contributed by atoms with E-state index in [1.54, 1.807) is 27.7 Å². The van der Waals surface area contributed by atoms with E-state index in [2.05, 4.69) is 0 Å². The Hall–Kier alpha value is -3.10. The molecule has 0 radical (unpaired) electrons. The van der Waals surface area contributed by atoms with E-state index in [1.807, 2.05) is 0 Å². The van der Waals surface area contributed by atoms with E-state index < -0.39 is 62.3 Å². The van der Waals surface area contributed by atoms with Crippen molar-refractivity contribution in [3.63, 3.8) is 0 Å². The second-order valence-corrected chi connectivity index (χ2v) is 10.9. The lowest BCUT2D eigenvalue weighted by Gasteiger charge is -2.41. The van der Waals surface area contributed by atoms with Crippen LogP contribution in [0.4, 0.5) is 5.69 Å². The molecule has 2 saturated carbocycles. The average molecular weight is 457 g/mol. The summed E-state index contributed by atoms with van der Waals surface area (Å²) in [5.74, 6) is -5.11. The van der Waals surface area contributed by atoms with Crippen LogP contribution in [-0.4, -0.2) is 34.8 Å². The largest absolute Gasteiger partial charge is 0.454 e. The Morgan fingerprint density at radius 2 is 1.21 bits per heavy atom. The number of hydrogen-bond donors (Lipinski definition) is 0. The highest BCUT2D eigenvalue weighted by Crippen LogP contribution is 2.51. The Morgan fingerprint density at radius 1 is 0.818 bits per heavy atom. The summed E-state index contributed by atoms with van der Waals surface area (Å²) in [6.07, 6.45) is 0.329. The highest BCUT2D eigenvalue weighted by molar-refractivity contribution is 6.11. The number of benzene rings is 1. The highest BCUT2D eigenvalue weighted by Gasteiger charge is 2.53. The van der Waals surface area contributed by atoms with E-state index in [9.17, 15) is 29.3 Å². The van der Waals surface area contributed by atoms with Crippen molar-refractivity contribution in [3.05, 3.63) is 27.8 Å². The maximum Gasteiger partial charge on any atom is 0.276 e. The maximum absolute atomic E-state index is 13.3. The van der Waals surface area contributed by atoms with Gasteiger partial charge in [-0.05, 0) is 16.9 Å². The van der Waals surface area contributed by atoms with Gasteiger partial charge >= 0.3 is 0 Å². The third-order valence-electron chi connectivity index (χ3n) is 6.79. The lowest BCUT2D eigenvalue weighted by Crippen LogP contribution is -2.48. The zero-order valence-electron chi connectivity index (χ0n) is 19.1. The molecule has 1 aromatic carbocycles. The van der Waals surface area contributed by atoms with E-state index in [0.717, 1.165) is 0 Å². The van der Waals surface area contributed by atoms with Crippen molar-refractivity contribution in [3.8, 4) is 11.5 Å². The van der Waals surface area contributed by atoms with Crippen LogP contribution in [0.15, 0.2) is 12.1 Å². The third-order valence-corrected chi connectivity index (χ3v) is 6.79. The van der Waals surface area contributed by atoms with E-state index >= 15 is 0 Å². The van der Waals surface area contributed by atoms with Crippen LogP contribution in [0.25, 0.3) is 0 Å². The van der Waals surface area contributed by atoms with Gasteiger partial charge < -0.3 is 9.47 Å². The van der Waals surface area contributed by atoms with Crippen molar-refractivity contribution in [1.29, 1.82) is 0 Å². The second kappa shape index (κ2) is 7.74. The van der Waals surface area contributed by atoms with E-state index in [0.29, 0.717) is 0 Å². The minimum atomic E-state index is -1.31. The summed E-state index contributed by atoms with van der Waals surface area (Å²) in [5, 5.41) is 12.0. The van der Waals surface area contributed by atoms with Crippen LogP contribution in [0.2, 0.25) is 0 Å². The first-order valence-corrected chi connectivity index (χ1v) is 11.0. The number of nitro groups is 1. The van der Waals surface area contributed by atoms with Gasteiger partial charge in [-0.1, -0.05) is 27.7 Å². The maximum atomic E-state index is 13.3. The highest BCUT2D eigenvalue weighted by atomic mass is 16.7. The van der Waals surface area contributed by atoms with Crippen molar-refractivity contribution in [2.45, 2.75) is 59.3 Å². The van der Waals surface area contributed by atoms with Crippen molar-refractivity contribution >= 4 is 28.8 Å². The topological polar surface area (TPSA) is 130 Å². The third kappa shape index (κ3) is 4.16. The number of nitro benzene ring substituents is 1. The van der Waals surface area contributed by atoms with Gasteiger partial charge in [-0.2, -0.15) is 0 Å². The summed E-state index contributed by atoms with van der Waals surface area (Å²) in [6, 6.07) is 2.53. The summed E-state index contributed by atoms with van der Waals surface area (Å²) >= 11 is 0. The van der Waals surface area contributed by atoms with Crippen molar-refractivity contribution in [1.82, 2.24) is 0 Å². The van der Waals surface area contributed by atoms with E-state index in [4.69, 9.17) is 9.47 Å². The molecule has 0 unspecified atom stereocenters. The minimum Gasteiger partial charge on any atom is -0.454 e. The molecule has 3 aliphatic rings. The van der Waals surface area contributed by atoms with Crippen molar-refractivity contribution in [2.75, 3.05) is 6.79 Å². The Balaban J connectivity index is 1.91. The predicted octanol–water partition coefficient (Wildman–Crippen LogP) is 3.56. The molecular weight excluding hydrogens is 430 g/mol. The molecular formula is C24H27NO8. The predicted molar refractivity (Wildman–Crippen MR) is 115 cm³/mol. The number of Topliss-reactive ketones (excluding diaryl/α,β-unsaturated/α-hetero) is 4. The molecule has 1 aromatic rings. The zero-order chi connectivity index (χ0) is 24.3. The minimum absolute atomic E-state index is 0.0120. The fourth-order valence-electron chi connectivity index (χ4n) is 5.54. The fourth-order valence-corrected chi connectivity index (χ4v) is 5.54. The SMILES string of the molecule is CC1(C)CC(=O)C(C(c2cc3c(cc2[N+](=O)[O-])OCO3)C2C(=O)CC(C)(C)CC2=O)C(=O)C1. The Kier molecular flexibility index (Phi) is 5.41. The zero-order valence-corrected chi connectivity index (χ0v) is 19.1. The molecule has 0 saturated heterocycles. The normalized spacial score (nSPS) is 22.8. The van der Waals surface area contributed by atoms with Crippen LogP contribution in [0, 0.1) is 32.8 Å². The fraction of sp³-hybridized carbons (Fsp3) is 0.583. The molecule has 0 N–H and O–H groups in total. The average Bonchev–Trinajstić information content (AvgIpc) is 3.10. The van der Waals surface area contributed by atoms with Crippen molar-refractivity contribution in [2.24, 2.45) is 22.7 Å². The lowest BCUT2D eigenvalue weighted by atomic mass is 9.59. The second-order valence-electron chi connectivity index (χ2n) is 10.9. The number of ether oxygens (including phenoxy) is 2. The first-order valence-electron chi connectivity index (χ1n) is 11.0. The van der Waals surface area contributed by atoms with Crippen LogP contribution in [0.1, 0.15) is 64.9 Å². The molecule has 0 amide bonds. The Morgan fingerprint density at radius 3 is 1.61 bits per heavy atom. The number of carbonyl (C=O) groups is 4. The summed E-state index contributed by atoms with van der Waals surface area (Å²) < 4.78 is 10.6. The van der Waals surface area contributed by atoms with Crippen LogP contribution in [0.5, 0.6) is 11.5 Å². The molecule has 2 aliphatic carbocycles. The molecule has 0 aromatic heterocycles. The standard InChI is InChI=1S/C24H27NO8/c1-23(2)7-14(26)21(15(27)8-23)20(22-16(28)9-24(3,4)10-17(22)29)12-5-18-19(33-11-32-18)6-13(12)25(30)31/h5-6,20-22H,7-11H2,1-4H3. The summed E-state index contributed by atoms with van der Waals surface area (Å²) in [7, 11) is 0. The molecule has 0 bridgehead atoms. The molecule has 9 nitrogen and oxygen atoms in total. The van der Waals surface area contributed by atoms with Gasteiger partial charge in [-0.3, -0.25) is 29.3 Å². The van der Waals surface area contributed by atoms with Gasteiger partial charge in [0.2, 0.25) is 6.79 Å². The number of ketones is 4. The first kappa shape index (κ1) is 23.1. The Labute approximate surface area is 191 Å². The quantitative estimate of drug-likeness (QED) is 0.381. The van der Waals surface area contributed by atoms with Crippen molar-refractivity contribution < 1.29 is 33.6 Å². The number of hydrogen-bond acceptors (Lipinski definition) is 8. The van der Waals surface area contributed by atoms with Gasteiger partial charge in [0.1, 0.15) is 23.1 Å². The summed E-state index contributed by atoms with van der Waals surface area (Å²) in [6.45, 7) is 7.07. The monoisotopic (exact) mass is 457 g/mol. The Bertz CT molecular complexity index is 998. The van der Waals surface area contributed by atoms with E-state index in [1.165, 1.54) is 12.1 Å². The molecule has 176 valence electrons. The molecule has 0 atom stereocenters. The number of rotatable bonds is 4. The summed E-state index contributed by atoms with van der Waals surface area (Å²) in [5.41, 5.74) is -1.53. The molecule has 0 spiro atoms. The van der Waals surface area contributed by atoms with Gasteiger partial charge in [-0.25, -0.2) is 0 Å². The van der Waals surface area contributed by atoms with Gasteiger partial charge in [0.25, 0.3) is 5.69 Å². The molecule has 1 heterocycles. The molecule has 2 fully saturated rings. The summed E-state index contributed by atoms with van der Waals surface area (Å²) in [4.78, 5) is 64.4. The van der Waals surface area contributed by atoms with Crippen LogP contribution >= 0.6 is 0 Å².